The second kappa shape index (κ2) is 7.38. The minimum atomic E-state index is -0.0921. The minimum absolute atomic E-state index is 0. The summed E-state index contributed by atoms with van der Waals surface area (Å²) in [6, 6.07) is -0.0921. The van der Waals surface area contributed by atoms with E-state index in [0.29, 0.717) is 6.54 Å². The molecule has 114 valence electrons. The van der Waals surface area contributed by atoms with Gasteiger partial charge in [-0.2, -0.15) is 0 Å². The van der Waals surface area contributed by atoms with Crippen molar-refractivity contribution in [3.63, 3.8) is 0 Å². The average molecular weight is 318 g/mol. The maximum atomic E-state index is 12.3. The summed E-state index contributed by atoms with van der Waals surface area (Å²) >= 11 is 1.66. The lowest BCUT2D eigenvalue weighted by Gasteiger charge is -2.38. The number of thiazole rings is 1. The van der Waals surface area contributed by atoms with Crippen LogP contribution < -0.4 is 10.6 Å². The molecular weight excluding hydrogens is 294 g/mol. The molecule has 1 aliphatic rings. The van der Waals surface area contributed by atoms with Crippen LogP contribution in [0.3, 0.4) is 0 Å². The van der Waals surface area contributed by atoms with Gasteiger partial charge in [0.15, 0.2) is 0 Å². The number of aryl methyl sites for hydroxylation is 1. The first kappa shape index (κ1) is 17.4. The van der Waals surface area contributed by atoms with E-state index >= 15 is 0 Å². The first-order chi connectivity index (χ1) is 9.03. The van der Waals surface area contributed by atoms with E-state index < -0.39 is 0 Å². The highest BCUT2D eigenvalue weighted by atomic mass is 35.5. The number of carbonyl (C=O) groups excluding carboxylic acids is 1. The zero-order valence-electron chi connectivity index (χ0n) is 12.4. The van der Waals surface area contributed by atoms with Gasteiger partial charge in [-0.1, -0.05) is 20.8 Å². The van der Waals surface area contributed by atoms with Gasteiger partial charge in [0, 0.05) is 5.38 Å². The molecule has 1 saturated heterocycles. The molecule has 0 aliphatic carbocycles. The predicted octanol–water partition coefficient (Wildman–Crippen LogP) is 2.52. The Morgan fingerprint density at radius 3 is 2.95 bits per heavy atom. The quantitative estimate of drug-likeness (QED) is 0.897. The number of carbonyl (C=O) groups is 1. The summed E-state index contributed by atoms with van der Waals surface area (Å²) < 4.78 is 0. The Morgan fingerprint density at radius 2 is 2.35 bits per heavy atom. The van der Waals surface area contributed by atoms with Crippen LogP contribution in [0.5, 0.6) is 0 Å². The fraction of sp³-hybridized carbons (Fsp3) is 0.714. The Kier molecular flexibility index (Phi) is 6.43. The number of amides is 1. The molecule has 2 rings (SSSR count). The summed E-state index contributed by atoms with van der Waals surface area (Å²) in [6.07, 6.45) is 3.19. The smallest absolute Gasteiger partial charge is 0.238 e. The highest BCUT2D eigenvalue weighted by molar-refractivity contribution is 7.09. The highest BCUT2D eigenvalue weighted by Crippen LogP contribution is 2.30. The Labute approximate surface area is 131 Å². The molecule has 1 aromatic rings. The Hall–Kier alpha value is -0.650. The van der Waals surface area contributed by atoms with Crippen molar-refractivity contribution in [2.75, 3.05) is 6.54 Å². The van der Waals surface area contributed by atoms with Gasteiger partial charge in [-0.25, -0.2) is 4.98 Å². The van der Waals surface area contributed by atoms with E-state index in [0.717, 1.165) is 36.5 Å². The molecule has 1 unspecified atom stereocenters. The number of hydrogen-bond acceptors (Lipinski definition) is 4. The van der Waals surface area contributed by atoms with E-state index in [2.05, 4.69) is 36.4 Å². The van der Waals surface area contributed by atoms with Gasteiger partial charge in [-0.3, -0.25) is 4.79 Å². The number of nitrogens with zero attached hydrogens (tertiary/aromatic N) is 1. The molecule has 1 atom stereocenters. The third kappa shape index (κ3) is 4.17. The van der Waals surface area contributed by atoms with Crippen LogP contribution in [0.1, 0.15) is 44.3 Å². The number of nitrogens with one attached hydrogen (secondary N) is 2. The summed E-state index contributed by atoms with van der Waals surface area (Å²) in [7, 11) is 0. The first-order valence-corrected chi connectivity index (χ1v) is 7.85. The molecule has 2 heterocycles. The van der Waals surface area contributed by atoms with Gasteiger partial charge in [0.05, 0.1) is 23.3 Å². The Bertz CT molecular complexity index is 447. The number of hydrogen-bond donors (Lipinski definition) is 2. The largest absolute Gasteiger partial charge is 0.349 e. The molecule has 1 aromatic heterocycles. The molecule has 0 aromatic carbocycles. The number of piperidine rings is 1. The minimum Gasteiger partial charge on any atom is -0.349 e. The zero-order chi connectivity index (χ0) is 13.9. The molecule has 6 heteroatoms. The summed E-state index contributed by atoms with van der Waals surface area (Å²) in [5.41, 5.74) is 0.989. The molecule has 20 heavy (non-hydrogen) atoms. The molecular formula is C14H24ClN3OS. The van der Waals surface area contributed by atoms with Gasteiger partial charge in [-0.15, -0.1) is 23.7 Å². The summed E-state index contributed by atoms with van der Waals surface area (Å²) in [5.74, 6) is 0.0933. The normalized spacial score (nSPS) is 21.1. The van der Waals surface area contributed by atoms with Gasteiger partial charge in [-0.05, 0) is 31.2 Å². The Balaban J connectivity index is 0.00000200. The molecule has 0 saturated carbocycles. The summed E-state index contributed by atoms with van der Waals surface area (Å²) in [5, 5.41) is 9.49. The maximum absolute atomic E-state index is 12.3. The van der Waals surface area contributed by atoms with Crippen LogP contribution in [0, 0.1) is 5.41 Å². The number of rotatable bonds is 4. The standard InChI is InChI=1S/C14H23N3OS.ClH/c1-4-11-17-10(9-19-11)8-16-13(18)12-14(2,3)6-5-7-15-12;/h9,12,15H,4-8H2,1-3H3,(H,16,18);1H. The van der Waals surface area contributed by atoms with Crippen molar-refractivity contribution in [1.82, 2.24) is 15.6 Å². The van der Waals surface area contributed by atoms with Gasteiger partial charge in [0.25, 0.3) is 0 Å². The van der Waals surface area contributed by atoms with Crippen LogP contribution in [0.15, 0.2) is 5.38 Å². The second-order valence-electron chi connectivity index (χ2n) is 5.78. The third-order valence-corrected chi connectivity index (χ3v) is 4.78. The van der Waals surface area contributed by atoms with Crippen molar-refractivity contribution < 1.29 is 4.79 Å². The predicted molar refractivity (Wildman–Crippen MR) is 85.4 cm³/mol. The summed E-state index contributed by atoms with van der Waals surface area (Å²) in [4.78, 5) is 16.7. The molecule has 0 spiro atoms. The van der Waals surface area contributed by atoms with Crippen LogP contribution in [0.2, 0.25) is 0 Å². The van der Waals surface area contributed by atoms with E-state index in [1.165, 1.54) is 0 Å². The van der Waals surface area contributed by atoms with Crippen LogP contribution in [0.25, 0.3) is 0 Å². The lowest BCUT2D eigenvalue weighted by atomic mass is 9.77. The van der Waals surface area contributed by atoms with Crippen LogP contribution >= 0.6 is 23.7 Å². The van der Waals surface area contributed by atoms with Crippen molar-refractivity contribution in [2.24, 2.45) is 5.41 Å². The summed E-state index contributed by atoms with van der Waals surface area (Å²) in [6.45, 7) is 7.86. The fourth-order valence-electron chi connectivity index (χ4n) is 2.53. The van der Waals surface area contributed by atoms with E-state index in [-0.39, 0.29) is 29.8 Å². The van der Waals surface area contributed by atoms with E-state index in [1.54, 1.807) is 11.3 Å². The van der Waals surface area contributed by atoms with Gasteiger partial charge < -0.3 is 10.6 Å². The van der Waals surface area contributed by atoms with Crippen LogP contribution in [-0.4, -0.2) is 23.5 Å². The monoisotopic (exact) mass is 317 g/mol. The van der Waals surface area contributed by atoms with Crippen molar-refractivity contribution >= 4 is 29.7 Å². The van der Waals surface area contributed by atoms with Crippen LogP contribution in [0.4, 0.5) is 0 Å². The van der Waals surface area contributed by atoms with Crippen molar-refractivity contribution in [1.29, 1.82) is 0 Å². The van der Waals surface area contributed by atoms with Crippen molar-refractivity contribution in [3.05, 3.63) is 16.1 Å². The molecule has 4 nitrogen and oxygen atoms in total. The fourth-order valence-corrected chi connectivity index (χ4v) is 3.28. The third-order valence-electron chi connectivity index (χ3n) is 3.74. The lowest BCUT2D eigenvalue weighted by Crippen LogP contribution is -2.55. The van der Waals surface area contributed by atoms with Gasteiger partial charge in [0.1, 0.15) is 0 Å². The molecule has 0 radical (unpaired) electrons. The molecule has 1 fully saturated rings. The Morgan fingerprint density at radius 1 is 1.60 bits per heavy atom. The zero-order valence-corrected chi connectivity index (χ0v) is 14.0. The lowest BCUT2D eigenvalue weighted by molar-refractivity contribution is -0.126. The van der Waals surface area contributed by atoms with Crippen LogP contribution in [-0.2, 0) is 17.8 Å². The average Bonchev–Trinajstić information content (AvgIpc) is 2.83. The van der Waals surface area contributed by atoms with Crippen molar-refractivity contribution in [3.8, 4) is 0 Å². The van der Waals surface area contributed by atoms with E-state index in [1.807, 2.05) is 5.38 Å². The number of aromatic nitrogens is 1. The molecule has 1 amide bonds. The second-order valence-corrected chi connectivity index (χ2v) is 6.73. The SMILES string of the molecule is CCc1nc(CNC(=O)C2NCCCC2(C)C)cs1.Cl. The van der Waals surface area contributed by atoms with Gasteiger partial charge >= 0.3 is 0 Å². The van der Waals surface area contributed by atoms with Gasteiger partial charge in [0.2, 0.25) is 5.91 Å². The van der Waals surface area contributed by atoms with E-state index in [9.17, 15) is 4.79 Å². The molecule has 1 aliphatic heterocycles. The maximum Gasteiger partial charge on any atom is 0.238 e. The topological polar surface area (TPSA) is 54.0 Å². The van der Waals surface area contributed by atoms with Crippen molar-refractivity contribution in [2.45, 2.75) is 52.6 Å². The molecule has 2 N–H and O–H groups in total. The highest BCUT2D eigenvalue weighted by Gasteiger charge is 2.36. The van der Waals surface area contributed by atoms with E-state index in [4.69, 9.17) is 0 Å². The number of halogens is 1. The molecule has 0 bridgehead atoms. The first-order valence-electron chi connectivity index (χ1n) is 6.97.